The van der Waals surface area contributed by atoms with E-state index in [0.717, 1.165) is 31.4 Å². The van der Waals surface area contributed by atoms with Crippen LogP contribution in [0.2, 0.25) is 0 Å². The predicted molar refractivity (Wildman–Crippen MR) is 81.4 cm³/mol. The van der Waals surface area contributed by atoms with E-state index in [-0.39, 0.29) is 12.1 Å². The second-order valence-corrected chi connectivity index (χ2v) is 5.61. The molecule has 3 heterocycles. The van der Waals surface area contributed by atoms with Crippen molar-refractivity contribution in [2.24, 2.45) is 7.05 Å². The van der Waals surface area contributed by atoms with Gasteiger partial charge in [-0.1, -0.05) is 12.8 Å². The highest BCUT2D eigenvalue weighted by Gasteiger charge is 2.29. The highest BCUT2D eigenvalue weighted by atomic mass is 16.3. The SMILES string of the molecule is Cc1nc(NC(=O)N2CCCCCC2c2ccco2)n(C)n1. The first-order chi connectivity index (χ1) is 10.6. The van der Waals surface area contributed by atoms with E-state index in [9.17, 15) is 4.79 Å². The Labute approximate surface area is 129 Å². The molecule has 7 heteroatoms. The number of rotatable bonds is 2. The molecule has 2 aromatic heterocycles. The van der Waals surface area contributed by atoms with E-state index in [4.69, 9.17) is 4.42 Å². The van der Waals surface area contributed by atoms with Gasteiger partial charge < -0.3 is 9.32 Å². The van der Waals surface area contributed by atoms with Crippen molar-refractivity contribution in [2.75, 3.05) is 11.9 Å². The van der Waals surface area contributed by atoms with Crippen LogP contribution in [0.4, 0.5) is 10.7 Å². The fourth-order valence-electron chi connectivity index (χ4n) is 2.92. The third kappa shape index (κ3) is 2.98. The van der Waals surface area contributed by atoms with Gasteiger partial charge in [-0.05, 0) is 31.9 Å². The Balaban J connectivity index is 1.79. The molecule has 0 bridgehead atoms. The molecule has 0 spiro atoms. The normalized spacial score (nSPS) is 19.0. The van der Waals surface area contributed by atoms with Gasteiger partial charge in [0.15, 0.2) is 0 Å². The summed E-state index contributed by atoms with van der Waals surface area (Å²) in [7, 11) is 1.77. The molecule has 1 atom stereocenters. The number of carbonyl (C=O) groups is 1. The fourth-order valence-corrected chi connectivity index (χ4v) is 2.92. The van der Waals surface area contributed by atoms with Crippen molar-refractivity contribution in [1.82, 2.24) is 19.7 Å². The van der Waals surface area contributed by atoms with E-state index >= 15 is 0 Å². The summed E-state index contributed by atoms with van der Waals surface area (Å²) in [5, 5.41) is 7.01. The van der Waals surface area contributed by atoms with Crippen molar-refractivity contribution in [1.29, 1.82) is 0 Å². The number of carbonyl (C=O) groups excluding carboxylic acids is 1. The number of nitrogens with zero attached hydrogens (tertiary/aromatic N) is 4. The third-order valence-electron chi connectivity index (χ3n) is 3.97. The number of hydrogen-bond donors (Lipinski definition) is 1. The number of amides is 2. The van der Waals surface area contributed by atoms with Crippen LogP contribution in [-0.4, -0.2) is 32.2 Å². The second-order valence-electron chi connectivity index (χ2n) is 5.61. The summed E-state index contributed by atoms with van der Waals surface area (Å²) in [6.45, 7) is 2.52. The molecule has 1 saturated heterocycles. The number of furan rings is 1. The highest BCUT2D eigenvalue weighted by molar-refractivity contribution is 5.87. The quantitative estimate of drug-likeness (QED) is 0.925. The first-order valence-electron chi connectivity index (χ1n) is 7.64. The van der Waals surface area contributed by atoms with E-state index in [2.05, 4.69) is 15.4 Å². The Hall–Kier alpha value is -2.31. The average Bonchev–Trinajstić information content (AvgIpc) is 3.03. The summed E-state index contributed by atoms with van der Waals surface area (Å²) in [5.41, 5.74) is 0. The third-order valence-corrected chi connectivity index (χ3v) is 3.97. The van der Waals surface area contributed by atoms with Gasteiger partial charge in [-0.2, -0.15) is 10.1 Å². The maximum atomic E-state index is 12.7. The zero-order valence-corrected chi connectivity index (χ0v) is 13.0. The van der Waals surface area contributed by atoms with Gasteiger partial charge in [-0.3, -0.25) is 5.32 Å². The Morgan fingerprint density at radius 2 is 2.27 bits per heavy atom. The van der Waals surface area contributed by atoms with Crippen molar-refractivity contribution in [3.8, 4) is 0 Å². The molecule has 0 radical (unpaired) electrons. The van der Waals surface area contributed by atoms with Crippen LogP contribution >= 0.6 is 0 Å². The summed E-state index contributed by atoms with van der Waals surface area (Å²) >= 11 is 0. The Kier molecular flexibility index (Phi) is 4.13. The van der Waals surface area contributed by atoms with Crippen LogP contribution in [0.3, 0.4) is 0 Å². The van der Waals surface area contributed by atoms with Crippen LogP contribution < -0.4 is 5.32 Å². The van der Waals surface area contributed by atoms with Crippen LogP contribution in [-0.2, 0) is 7.05 Å². The smallest absolute Gasteiger partial charge is 0.324 e. The van der Waals surface area contributed by atoms with Gasteiger partial charge in [-0.15, -0.1) is 0 Å². The molecule has 1 fully saturated rings. The van der Waals surface area contributed by atoms with Gasteiger partial charge in [0.05, 0.1) is 12.3 Å². The molecular weight excluding hydrogens is 282 g/mol. The predicted octanol–water partition coefficient (Wildman–Crippen LogP) is 2.87. The zero-order valence-electron chi connectivity index (χ0n) is 13.0. The number of hydrogen-bond acceptors (Lipinski definition) is 4. The molecule has 1 aliphatic rings. The minimum absolute atomic E-state index is 0.0215. The van der Waals surface area contributed by atoms with Crippen molar-refractivity contribution < 1.29 is 9.21 Å². The van der Waals surface area contributed by atoms with Gasteiger partial charge >= 0.3 is 6.03 Å². The Morgan fingerprint density at radius 1 is 1.41 bits per heavy atom. The maximum absolute atomic E-state index is 12.7. The van der Waals surface area contributed by atoms with E-state index in [0.29, 0.717) is 18.3 Å². The standard InChI is InChI=1S/C15H21N5O2/c1-11-16-14(19(2)18-11)17-15(21)20-9-5-3-4-7-12(20)13-8-6-10-22-13/h6,8,10,12H,3-5,7,9H2,1-2H3,(H,16,17,18,21). The Bertz CT molecular complexity index is 634. The zero-order chi connectivity index (χ0) is 15.5. The van der Waals surface area contributed by atoms with Crippen molar-refractivity contribution in [2.45, 2.75) is 38.6 Å². The lowest BCUT2D eigenvalue weighted by Gasteiger charge is -2.28. The highest BCUT2D eigenvalue weighted by Crippen LogP contribution is 2.30. The monoisotopic (exact) mass is 303 g/mol. The molecule has 0 saturated carbocycles. The summed E-state index contributed by atoms with van der Waals surface area (Å²) < 4.78 is 7.11. The first kappa shape index (κ1) is 14.6. The maximum Gasteiger partial charge on any atom is 0.324 e. The molecule has 1 unspecified atom stereocenters. The lowest BCUT2D eigenvalue weighted by Crippen LogP contribution is -2.38. The van der Waals surface area contributed by atoms with Gasteiger partial charge in [0, 0.05) is 13.6 Å². The first-order valence-corrected chi connectivity index (χ1v) is 7.64. The summed E-state index contributed by atoms with van der Waals surface area (Å²) in [6, 6.07) is 3.62. The average molecular weight is 303 g/mol. The molecule has 0 aromatic carbocycles. The van der Waals surface area contributed by atoms with E-state index in [1.807, 2.05) is 17.0 Å². The van der Waals surface area contributed by atoms with Crippen molar-refractivity contribution >= 4 is 12.0 Å². The molecule has 1 aliphatic heterocycles. The van der Waals surface area contributed by atoms with Crippen LogP contribution in [0.1, 0.15) is 43.3 Å². The van der Waals surface area contributed by atoms with E-state index in [1.165, 1.54) is 0 Å². The minimum atomic E-state index is -0.154. The van der Waals surface area contributed by atoms with Crippen LogP contribution in [0.15, 0.2) is 22.8 Å². The fraction of sp³-hybridized carbons (Fsp3) is 0.533. The second kappa shape index (κ2) is 6.21. The lowest BCUT2D eigenvalue weighted by molar-refractivity contribution is 0.179. The summed E-state index contributed by atoms with van der Waals surface area (Å²) in [4.78, 5) is 18.7. The Morgan fingerprint density at radius 3 is 2.95 bits per heavy atom. The van der Waals surface area contributed by atoms with Gasteiger partial charge in [0.25, 0.3) is 0 Å². The van der Waals surface area contributed by atoms with Gasteiger partial charge in [-0.25, -0.2) is 9.48 Å². The molecule has 22 heavy (non-hydrogen) atoms. The number of aromatic nitrogens is 3. The van der Waals surface area contributed by atoms with E-state index in [1.54, 1.807) is 24.9 Å². The number of nitrogens with one attached hydrogen (secondary N) is 1. The van der Waals surface area contributed by atoms with Crippen LogP contribution in [0.25, 0.3) is 0 Å². The number of aryl methyl sites for hydroxylation is 2. The molecule has 2 amide bonds. The number of anilines is 1. The van der Waals surface area contributed by atoms with Crippen molar-refractivity contribution in [3.05, 3.63) is 30.0 Å². The lowest BCUT2D eigenvalue weighted by atomic mass is 10.1. The summed E-state index contributed by atoms with van der Waals surface area (Å²) in [6.07, 6.45) is 5.80. The van der Waals surface area contributed by atoms with Crippen molar-refractivity contribution in [3.63, 3.8) is 0 Å². The molecule has 118 valence electrons. The topological polar surface area (TPSA) is 76.2 Å². The molecule has 1 N–H and O–H groups in total. The van der Waals surface area contributed by atoms with Gasteiger partial charge in [0.1, 0.15) is 11.6 Å². The van der Waals surface area contributed by atoms with Crippen LogP contribution in [0.5, 0.6) is 0 Å². The molecule has 3 rings (SSSR count). The molecular formula is C15H21N5O2. The van der Waals surface area contributed by atoms with Gasteiger partial charge in [0.2, 0.25) is 5.95 Å². The number of likely N-dealkylation sites (tertiary alicyclic amines) is 1. The number of urea groups is 1. The largest absolute Gasteiger partial charge is 0.467 e. The molecule has 2 aromatic rings. The summed E-state index contributed by atoms with van der Waals surface area (Å²) in [5.74, 6) is 1.94. The molecule has 7 nitrogen and oxygen atoms in total. The van der Waals surface area contributed by atoms with E-state index < -0.39 is 0 Å². The molecule has 0 aliphatic carbocycles. The van der Waals surface area contributed by atoms with Crippen LogP contribution in [0, 0.1) is 6.92 Å². The minimum Gasteiger partial charge on any atom is -0.467 e.